The second-order valence-corrected chi connectivity index (χ2v) is 7.98. The minimum atomic E-state index is -0.416. The van der Waals surface area contributed by atoms with Gasteiger partial charge in [0, 0.05) is 5.69 Å². The van der Waals surface area contributed by atoms with Gasteiger partial charge in [-0.15, -0.1) is 0 Å². The van der Waals surface area contributed by atoms with E-state index in [1.807, 2.05) is 55.5 Å². The first-order chi connectivity index (χ1) is 14.6. The first-order valence-corrected chi connectivity index (χ1v) is 10.5. The van der Waals surface area contributed by atoms with Crippen LogP contribution < -0.4 is 5.73 Å². The fourth-order valence-electron chi connectivity index (χ4n) is 4.28. The largest absolute Gasteiger partial charge is 0.459 e. The third-order valence-electron chi connectivity index (χ3n) is 5.79. The summed E-state index contributed by atoms with van der Waals surface area (Å²) < 4.78 is 7.66. The molecule has 1 aliphatic carbocycles. The van der Waals surface area contributed by atoms with Crippen LogP contribution in [-0.4, -0.2) is 26.6 Å². The molecular formula is C24H24N4O2. The van der Waals surface area contributed by atoms with E-state index >= 15 is 0 Å². The lowest BCUT2D eigenvalue weighted by Crippen LogP contribution is -2.21. The zero-order valence-electron chi connectivity index (χ0n) is 17.0. The predicted octanol–water partition coefficient (Wildman–Crippen LogP) is 4.95. The number of nitrogen functional groups attached to an aromatic ring is 1. The SMILES string of the molecule is Cc1cccc(-n2c(N)c(C(=O)OC3CCCCC3)c3nc4ccccc4nc32)c1. The number of hydrogen-bond donors (Lipinski definition) is 1. The number of fused-ring (bicyclic) bond motifs is 2. The summed E-state index contributed by atoms with van der Waals surface area (Å²) in [5.41, 5.74) is 11.3. The average molecular weight is 400 g/mol. The van der Waals surface area contributed by atoms with Gasteiger partial charge >= 0.3 is 5.97 Å². The summed E-state index contributed by atoms with van der Waals surface area (Å²) in [6.45, 7) is 2.02. The highest BCUT2D eigenvalue weighted by Crippen LogP contribution is 2.32. The fourth-order valence-corrected chi connectivity index (χ4v) is 4.28. The molecule has 0 saturated heterocycles. The van der Waals surface area contributed by atoms with Crippen LogP contribution in [0.25, 0.3) is 27.9 Å². The molecule has 2 N–H and O–H groups in total. The maximum atomic E-state index is 13.2. The highest BCUT2D eigenvalue weighted by atomic mass is 16.5. The number of hydrogen-bond acceptors (Lipinski definition) is 5. The number of benzene rings is 2. The summed E-state index contributed by atoms with van der Waals surface area (Å²) in [5, 5.41) is 0. The van der Waals surface area contributed by atoms with Crippen LogP contribution in [-0.2, 0) is 4.74 Å². The summed E-state index contributed by atoms with van der Waals surface area (Å²) in [4.78, 5) is 22.8. The minimum absolute atomic E-state index is 0.0589. The number of carbonyl (C=O) groups is 1. The summed E-state index contributed by atoms with van der Waals surface area (Å²) in [6, 6.07) is 15.6. The monoisotopic (exact) mass is 400 g/mol. The molecule has 6 nitrogen and oxygen atoms in total. The zero-order valence-corrected chi connectivity index (χ0v) is 17.0. The Kier molecular flexibility index (Phi) is 4.62. The van der Waals surface area contributed by atoms with Gasteiger partial charge in [0.1, 0.15) is 23.0 Å². The van der Waals surface area contributed by atoms with Crippen LogP contribution >= 0.6 is 0 Å². The maximum absolute atomic E-state index is 13.2. The molecule has 1 fully saturated rings. The molecular weight excluding hydrogens is 376 g/mol. The van der Waals surface area contributed by atoms with Crippen molar-refractivity contribution in [2.75, 3.05) is 5.73 Å². The van der Waals surface area contributed by atoms with Crippen molar-refractivity contribution in [1.82, 2.24) is 14.5 Å². The molecule has 2 aromatic carbocycles. The van der Waals surface area contributed by atoms with E-state index in [-0.39, 0.29) is 6.10 Å². The Morgan fingerprint density at radius 1 is 1.03 bits per heavy atom. The van der Waals surface area contributed by atoms with E-state index in [9.17, 15) is 4.79 Å². The van der Waals surface area contributed by atoms with Gasteiger partial charge in [0.25, 0.3) is 0 Å². The smallest absolute Gasteiger partial charge is 0.344 e. The van der Waals surface area contributed by atoms with Gasteiger partial charge in [-0.1, -0.05) is 30.7 Å². The Labute approximate surface area is 174 Å². The summed E-state index contributed by atoms with van der Waals surface area (Å²) >= 11 is 0. The predicted molar refractivity (Wildman–Crippen MR) is 118 cm³/mol. The molecule has 0 atom stereocenters. The third-order valence-corrected chi connectivity index (χ3v) is 5.79. The zero-order chi connectivity index (χ0) is 20.7. The van der Waals surface area contributed by atoms with Crippen molar-refractivity contribution in [3.63, 3.8) is 0 Å². The lowest BCUT2D eigenvalue weighted by atomic mass is 9.98. The van der Waals surface area contributed by atoms with Crippen LogP contribution in [0.5, 0.6) is 0 Å². The van der Waals surface area contributed by atoms with Crippen LogP contribution in [0.15, 0.2) is 48.5 Å². The van der Waals surface area contributed by atoms with Crippen LogP contribution in [0.1, 0.15) is 48.0 Å². The topological polar surface area (TPSA) is 83.0 Å². The van der Waals surface area contributed by atoms with Crippen LogP contribution in [0.2, 0.25) is 0 Å². The van der Waals surface area contributed by atoms with Gasteiger partial charge in [0.2, 0.25) is 0 Å². The van der Waals surface area contributed by atoms with E-state index in [1.165, 1.54) is 6.42 Å². The van der Waals surface area contributed by atoms with Crippen LogP contribution in [0, 0.1) is 6.92 Å². The van der Waals surface area contributed by atoms with Crippen molar-refractivity contribution in [3.05, 3.63) is 59.7 Å². The number of aromatic nitrogens is 3. The van der Waals surface area contributed by atoms with Crippen molar-refractivity contribution < 1.29 is 9.53 Å². The first kappa shape index (κ1) is 18.6. The van der Waals surface area contributed by atoms with Crippen LogP contribution in [0.4, 0.5) is 5.82 Å². The molecule has 0 bridgehead atoms. The van der Waals surface area contributed by atoms with Crippen molar-refractivity contribution in [3.8, 4) is 5.69 Å². The quantitative estimate of drug-likeness (QED) is 0.492. The average Bonchev–Trinajstić information content (AvgIpc) is 3.03. The maximum Gasteiger partial charge on any atom is 0.344 e. The number of rotatable bonds is 3. The van der Waals surface area contributed by atoms with E-state index in [0.717, 1.165) is 48.0 Å². The number of aryl methyl sites for hydroxylation is 1. The molecule has 4 aromatic rings. The Bertz CT molecular complexity index is 1260. The Balaban J connectivity index is 1.71. The molecule has 30 heavy (non-hydrogen) atoms. The molecule has 1 aliphatic rings. The first-order valence-electron chi connectivity index (χ1n) is 10.5. The molecule has 0 amide bonds. The number of ether oxygens (including phenoxy) is 1. The molecule has 0 aliphatic heterocycles. The van der Waals surface area contributed by atoms with Crippen molar-refractivity contribution in [2.24, 2.45) is 0 Å². The lowest BCUT2D eigenvalue weighted by molar-refractivity contribution is 0.0214. The molecule has 0 spiro atoms. The van der Waals surface area contributed by atoms with Gasteiger partial charge in [0.05, 0.1) is 11.0 Å². The summed E-state index contributed by atoms with van der Waals surface area (Å²) in [5.74, 6) is -0.105. The minimum Gasteiger partial charge on any atom is -0.459 e. The van der Waals surface area contributed by atoms with Gasteiger partial charge in [-0.05, 0) is 62.4 Å². The normalized spacial score (nSPS) is 15.0. The third kappa shape index (κ3) is 3.18. The van der Waals surface area contributed by atoms with Crippen molar-refractivity contribution >= 4 is 34.0 Å². The second kappa shape index (κ2) is 7.44. The molecule has 6 heteroatoms. The lowest BCUT2D eigenvalue weighted by Gasteiger charge is -2.21. The number of carbonyl (C=O) groups excluding carboxylic acids is 1. The molecule has 5 rings (SSSR count). The van der Waals surface area contributed by atoms with Gasteiger partial charge in [0.15, 0.2) is 5.65 Å². The van der Waals surface area contributed by atoms with Gasteiger partial charge in [-0.25, -0.2) is 14.8 Å². The molecule has 0 radical (unpaired) electrons. The Hall–Kier alpha value is -3.41. The highest BCUT2D eigenvalue weighted by molar-refractivity contribution is 6.09. The van der Waals surface area contributed by atoms with Gasteiger partial charge in [-0.3, -0.25) is 4.57 Å². The van der Waals surface area contributed by atoms with Crippen molar-refractivity contribution in [1.29, 1.82) is 0 Å². The van der Waals surface area contributed by atoms with Gasteiger partial charge in [-0.2, -0.15) is 0 Å². The number of anilines is 1. The van der Waals surface area contributed by atoms with Crippen LogP contribution in [0.3, 0.4) is 0 Å². The number of nitrogens with zero attached hydrogens (tertiary/aromatic N) is 3. The summed E-state index contributed by atoms with van der Waals surface area (Å²) in [7, 11) is 0. The number of para-hydroxylation sites is 2. The summed E-state index contributed by atoms with van der Waals surface area (Å²) in [6.07, 6.45) is 5.11. The molecule has 1 saturated carbocycles. The standard InChI is InChI=1S/C24H24N4O2/c1-15-8-7-9-16(14-15)28-22(25)20(24(29)30-17-10-3-2-4-11-17)21-23(28)27-19-13-6-5-12-18(19)26-21/h5-9,12-14,17H,2-4,10-11,25H2,1H3. The number of nitrogens with two attached hydrogens (primary N) is 1. The Morgan fingerprint density at radius 2 is 1.77 bits per heavy atom. The van der Waals surface area contributed by atoms with E-state index in [1.54, 1.807) is 4.57 Å². The van der Waals surface area contributed by atoms with E-state index < -0.39 is 5.97 Å². The van der Waals surface area contributed by atoms with E-state index in [4.69, 9.17) is 20.4 Å². The molecule has 152 valence electrons. The fraction of sp³-hybridized carbons (Fsp3) is 0.292. The highest BCUT2D eigenvalue weighted by Gasteiger charge is 2.28. The van der Waals surface area contributed by atoms with Gasteiger partial charge < -0.3 is 10.5 Å². The van der Waals surface area contributed by atoms with E-state index in [0.29, 0.717) is 22.5 Å². The second-order valence-electron chi connectivity index (χ2n) is 7.98. The molecule has 0 unspecified atom stereocenters. The molecule has 2 heterocycles. The number of esters is 1. The Morgan fingerprint density at radius 3 is 2.50 bits per heavy atom. The van der Waals surface area contributed by atoms with Crippen molar-refractivity contribution in [2.45, 2.75) is 45.1 Å². The van der Waals surface area contributed by atoms with E-state index in [2.05, 4.69) is 0 Å². The molecule has 2 aromatic heterocycles.